The smallest absolute Gasteiger partial charge is 0.412 e. The summed E-state index contributed by atoms with van der Waals surface area (Å²) in [6.45, 7) is 3.05. The molecule has 2 bridgehead atoms. The Morgan fingerprint density at radius 1 is 1.20 bits per heavy atom. The first-order chi connectivity index (χ1) is 12.2. The first-order valence-electron chi connectivity index (χ1n) is 8.93. The van der Waals surface area contributed by atoms with Gasteiger partial charge in [-0.1, -0.05) is 24.3 Å². The van der Waals surface area contributed by atoms with Gasteiger partial charge in [0.2, 0.25) is 0 Å². The van der Waals surface area contributed by atoms with Crippen molar-refractivity contribution in [3.63, 3.8) is 0 Å². The summed E-state index contributed by atoms with van der Waals surface area (Å²) in [4.78, 5) is 20.4. The minimum Gasteiger partial charge on any atom is -0.465 e. The summed E-state index contributed by atoms with van der Waals surface area (Å²) in [5.74, 6) is 0.465. The van der Waals surface area contributed by atoms with Crippen LogP contribution in [0.25, 0.3) is 0 Å². The summed E-state index contributed by atoms with van der Waals surface area (Å²) in [6, 6.07) is 11.9. The fourth-order valence-corrected chi connectivity index (χ4v) is 4.27. The van der Waals surface area contributed by atoms with Gasteiger partial charge in [-0.25, -0.2) is 4.79 Å². The number of piperidine rings is 3. The molecule has 1 unspecified atom stereocenters. The van der Waals surface area contributed by atoms with Gasteiger partial charge in [0.05, 0.1) is 11.7 Å². The lowest BCUT2D eigenvalue weighted by atomic mass is 9.82. The maximum absolute atomic E-state index is 12.2. The number of carbonyl (C=O) groups is 1. The van der Waals surface area contributed by atoms with E-state index in [-0.39, 0.29) is 6.04 Å². The fraction of sp³-hybridized carbons (Fsp3) is 0.400. The van der Waals surface area contributed by atoms with Gasteiger partial charge >= 0.3 is 6.09 Å². The van der Waals surface area contributed by atoms with Crippen LogP contribution in [0.1, 0.15) is 24.0 Å². The Balaban J connectivity index is 1.67. The summed E-state index contributed by atoms with van der Waals surface area (Å²) in [5, 5.41) is 9.99. The van der Waals surface area contributed by atoms with E-state index in [0.29, 0.717) is 12.3 Å². The van der Waals surface area contributed by atoms with E-state index in [1.165, 1.54) is 0 Å². The first-order valence-corrected chi connectivity index (χ1v) is 8.93. The van der Waals surface area contributed by atoms with Crippen LogP contribution in [0.3, 0.4) is 0 Å². The van der Waals surface area contributed by atoms with Crippen molar-refractivity contribution < 1.29 is 9.90 Å². The number of anilines is 1. The van der Waals surface area contributed by atoms with E-state index in [4.69, 9.17) is 0 Å². The Morgan fingerprint density at radius 3 is 2.64 bits per heavy atom. The van der Waals surface area contributed by atoms with Crippen LogP contribution < -0.4 is 4.90 Å². The lowest BCUT2D eigenvalue weighted by Gasteiger charge is -2.48. The number of aromatic nitrogens is 1. The van der Waals surface area contributed by atoms with Crippen LogP contribution in [-0.2, 0) is 6.42 Å². The van der Waals surface area contributed by atoms with Crippen LogP contribution in [-0.4, -0.2) is 46.8 Å². The third-order valence-corrected chi connectivity index (χ3v) is 5.53. The van der Waals surface area contributed by atoms with Gasteiger partial charge in [-0.3, -0.25) is 9.88 Å². The Hall–Kier alpha value is -2.40. The van der Waals surface area contributed by atoms with Gasteiger partial charge in [0.15, 0.2) is 0 Å². The van der Waals surface area contributed by atoms with Crippen LogP contribution in [0.5, 0.6) is 0 Å². The first kappa shape index (κ1) is 16.1. The summed E-state index contributed by atoms with van der Waals surface area (Å²) < 4.78 is 0. The highest BCUT2D eigenvalue weighted by molar-refractivity contribution is 5.88. The quantitative estimate of drug-likeness (QED) is 0.930. The number of hydrogen-bond acceptors (Lipinski definition) is 3. The zero-order valence-electron chi connectivity index (χ0n) is 14.2. The number of para-hydroxylation sites is 1. The van der Waals surface area contributed by atoms with Gasteiger partial charge in [-0.2, -0.15) is 0 Å². The molecule has 1 N–H and O–H groups in total. The minimum absolute atomic E-state index is 0.0510. The molecule has 0 spiro atoms. The lowest BCUT2D eigenvalue weighted by Crippen LogP contribution is -2.59. The molecule has 1 aromatic heterocycles. The second-order valence-electron chi connectivity index (χ2n) is 7.02. The molecular weight excluding hydrogens is 314 g/mol. The van der Waals surface area contributed by atoms with Gasteiger partial charge in [0.1, 0.15) is 0 Å². The Bertz CT molecular complexity index is 742. The Kier molecular flexibility index (Phi) is 4.40. The fourth-order valence-electron chi connectivity index (χ4n) is 4.27. The van der Waals surface area contributed by atoms with Crippen molar-refractivity contribution >= 4 is 11.8 Å². The third-order valence-electron chi connectivity index (χ3n) is 5.53. The van der Waals surface area contributed by atoms with Crippen molar-refractivity contribution in [3.05, 3.63) is 59.9 Å². The molecule has 3 aliphatic rings. The maximum Gasteiger partial charge on any atom is 0.412 e. The molecule has 3 aliphatic heterocycles. The number of hydrogen-bond donors (Lipinski definition) is 1. The molecule has 3 fully saturated rings. The predicted molar refractivity (Wildman–Crippen MR) is 96.9 cm³/mol. The van der Waals surface area contributed by atoms with E-state index in [1.807, 2.05) is 42.6 Å². The highest BCUT2D eigenvalue weighted by Crippen LogP contribution is 2.35. The third kappa shape index (κ3) is 3.24. The van der Waals surface area contributed by atoms with Crippen LogP contribution in [0, 0.1) is 5.92 Å². The van der Waals surface area contributed by atoms with Crippen molar-refractivity contribution in [2.24, 2.45) is 5.92 Å². The number of rotatable bonds is 4. The van der Waals surface area contributed by atoms with Crippen molar-refractivity contribution in [1.82, 2.24) is 9.88 Å². The molecule has 5 nitrogen and oxygen atoms in total. The zero-order chi connectivity index (χ0) is 17.2. The van der Waals surface area contributed by atoms with E-state index in [1.54, 1.807) is 11.1 Å². The van der Waals surface area contributed by atoms with Gasteiger partial charge in [-0.05, 0) is 55.1 Å². The molecule has 25 heavy (non-hydrogen) atoms. The second kappa shape index (κ2) is 6.84. The number of benzene rings is 1. The molecule has 0 aliphatic carbocycles. The molecule has 130 valence electrons. The number of carboxylic acid groups (broad SMARTS) is 1. The van der Waals surface area contributed by atoms with Crippen molar-refractivity contribution in [3.8, 4) is 0 Å². The number of amides is 1. The SMILES string of the molecule is O=C(O)N(c1ccccc1Cc1cccnc1)C1CN2CCC1CC2. The number of fused-ring (bicyclic) bond motifs is 3. The maximum atomic E-state index is 12.2. The van der Waals surface area contributed by atoms with Crippen LogP contribution >= 0.6 is 0 Å². The van der Waals surface area contributed by atoms with Crippen molar-refractivity contribution in [2.75, 3.05) is 24.5 Å². The van der Waals surface area contributed by atoms with Crippen molar-refractivity contribution in [1.29, 1.82) is 0 Å². The van der Waals surface area contributed by atoms with Gasteiger partial charge < -0.3 is 10.0 Å². The van der Waals surface area contributed by atoms with E-state index in [9.17, 15) is 9.90 Å². The second-order valence-corrected chi connectivity index (χ2v) is 7.02. The standard InChI is InChI=1S/C20H23N3O2/c24-20(25)23(19-14-22-10-7-16(19)8-11-22)18-6-2-1-5-17(18)12-15-4-3-9-21-13-15/h1-6,9,13,16,19H,7-8,10-12,14H2,(H,24,25). The molecule has 2 aromatic rings. The summed E-state index contributed by atoms with van der Waals surface area (Å²) in [5.41, 5.74) is 2.95. The van der Waals surface area contributed by atoms with Crippen LogP contribution in [0.15, 0.2) is 48.8 Å². The van der Waals surface area contributed by atoms with Gasteiger partial charge in [0, 0.05) is 25.4 Å². The molecule has 4 heterocycles. The lowest BCUT2D eigenvalue weighted by molar-refractivity contribution is 0.0837. The molecule has 1 aromatic carbocycles. The molecule has 1 atom stereocenters. The normalized spacial score (nSPS) is 24.9. The molecule has 5 rings (SSSR count). The minimum atomic E-state index is -0.850. The molecule has 3 saturated heterocycles. The number of pyridine rings is 1. The van der Waals surface area contributed by atoms with Gasteiger partial charge in [-0.15, -0.1) is 0 Å². The Labute approximate surface area is 147 Å². The van der Waals surface area contributed by atoms with Crippen LogP contribution in [0.2, 0.25) is 0 Å². The van der Waals surface area contributed by atoms with Crippen molar-refractivity contribution in [2.45, 2.75) is 25.3 Å². The largest absolute Gasteiger partial charge is 0.465 e. The molecule has 5 heteroatoms. The highest BCUT2D eigenvalue weighted by atomic mass is 16.4. The Morgan fingerprint density at radius 2 is 2.00 bits per heavy atom. The molecule has 1 amide bonds. The van der Waals surface area contributed by atoms with E-state index < -0.39 is 6.09 Å². The molecule has 0 saturated carbocycles. The average Bonchev–Trinajstić information content (AvgIpc) is 2.65. The van der Waals surface area contributed by atoms with E-state index >= 15 is 0 Å². The molecule has 0 radical (unpaired) electrons. The predicted octanol–water partition coefficient (Wildman–Crippen LogP) is 3.25. The number of nitrogens with zero attached hydrogens (tertiary/aromatic N) is 3. The molecular formula is C20H23N3O2. The summed E-state index contributed by atoms with van der Waals surface area (Å²) >= 11 is 0. The van der Waals surface area contributed by atoms with E-state index in [0.717, 1.165) is 49.3 Å². The summed E-state index contributed by atoms with van der Waals surface area (Å²) in [7, 11) is 0. The van der Waals surface area contributed by atoms with Crippen LogP contribution in [0.4, 0.5) is 10.5 Å². The van der Waals surface area contributed by atoms with Gasteiger partial charge in [0.25, 0.3) is 0 Å². The zero-order valence-corrected chi connectivity index (χ0v) is 14.2. The summed E-state index contributed by atoms with van der Waals surface area (Å²) in [6.07, 6.45) is 5.63. The van der Waals surface area contributed by atoms with E-state index in [2.05, 4.69) is 9.88 Å². The topological polar surface area (TPSA) is 56.7 Å². The highest BCUT2D eigenvalue weighted by Gasteiger charge is 2.40. The monoisotopic (exact) mass is 337 g/mol. The average molecular weight is 337 g/mol.